The summed E-state index contributed by atoms with van der Waals surface area (Å²) in [5.74, 6) is -0.258. The first kappa shape index (κ1) is 68.4. The molecule has 0 aromatic heterocycles. The molecule has 1 rings (SSSR count). The largest absolute Gasteiger partial charge is 0.465 e. The number of carbonyl (C=O) groups is 2. The van der Waals surface area contributed by atoms with Gasteiger partial charge in [-0.1, -0.05) is 216 Å². The van der Waals surface area contributed by atoms with Crippen LogP contribution < -0.4 is 5.32 Å². The van der Waals surface area contributed by atoms with Gasteiger partial charge in [0.15, 0.2) is 6.29 Å². The zero-order valence-corrected chi connectivity index (χ0v) is 46.6. The predicted octanol–water partition coefficient (Wildman–Crippen LogP) is 13.8. The topological polar surface area (TPSA) is 175 Å². The molecule has 1 saturated heterocycles. The molecule has 1 amide bonds. The van der Waals surface area contributed by atoms with E-state index in [0.717, 1.165) is 77.0 Å². The number of allylic oxidation sites excluding steroid dienone is 8. The maximum Gasteiger partial charge on any atom is 0.305 e. The lowest BCUT2D eigenvalue weighted by Gasteiger charge is -2.40. The molecule has 0 bridgehead atoms. The van der Waals surface area contributed by atoms with Crippen LogP contribution in [0.3, 0.4) is 0 Å². The van der Waals surface area contributed by atoms with Gasteiger partial charge < -0.3 is 45.1 Å². The molecule has 0 aromatic carbocycles. The summed E-state index contributed by atoms with van der Waals surface area (Å²) >= 11 is 0. The Hall–Kier alpha value is -2.64. The minimum absolute atomic E-state index is 0.0598. The van der Waals surface area contributed by atoms with Gasteiger partial charge in [-0.2, -0.15) is 0 Å². The number of unbranched alkanes of at least 4 members (excludes halogenated alkanes) is 29. The van der Waals surface area contributed by atoms with Crippen molar-refractivity contribution in [2.75, 3.05) is 19.8 Å². The number of aliphatic hydroxyl groups excluding tert-OH is 5. The molecule has 6 N–H and O–H groups in total. The van der Waals surface area contributed by atoms with E-state index in [1.54, 1.807) is 6.08 Å². The quantitative estimate of drug-likeness (QED) is 0.0195. The molecule has 1 fully saturated rings. The zero-order chi connectivity index (χ0) is 53.1. The smallest absolute Gasteiger partial charge is 0.305 e. The fourth-order valence-electron chi connectivity index (χ4n) is 9.05. The van der Waals surface area contributed by atoms with E-state index in [4.69, 9.17) is 14.2 Å². The molecule has 73 heavy (non-hydrogen) atoms. The van der Waals surface area contributed by atoms with Gasteiger partial charge in [-0.15, -0.1) is 0 Å². The highest BCUT2D eigenvalue weighted by Crippen LogP contribution is 2.23. The van der Waals surface area contributed by atoms with E-state index in [1.807, 2.05) is 6.08 Å². The Bertz CT molecular complexity index is 1400. The second kappa shape index (κ2) is 51.5. The van der Waals surface area contributed by atoms with Gasteiger partial charge in [-0.3, -0.25) is 9.59 Å². The molecule has 0 spiro atoms. The number of esters is 1. The lowest BCUT2D eigenvalue weighted by atomic mass is 9.99. The van der Waals surface area contributed by atoms with Gasteiger partial charge in [-0.25, -0.2) is 0 Å². The van der Waals surface area contributed by atoms with E-state index < -0.39 is 49.5 Å². The number of ether oxygens (including phenoxy) is 3. The zero-order valence-electron chi connectivity index (χ0n) is 46.6. The van der Waals surface area contributed by atoms with Crippen LogP contribution in [0.4, 0.5) is 0 Å². The van der Waals surface area contributed by atoms with Crippen LogP contribution in [0.15, 0.2) is 60.8 Å². The summed E-state index contributed by atoms with van der Waals surface area (Å²) in [4.78, 5) is 25.0. The molecule has 1 aliphatic heterocycles. The Labute approximate surface area is 446 Å². The summed E-state index contributed by atoms with van der Waals surface area (Å²) in [6.07, 6.45) is 56.2. The summed E-state index contributed by atoms with van der Waals surface area (Å²) in [7, 11) is 0. The second-order valence-electron chi connectivity index (χ2n) is 20.7. The molecule has 7 atom stereocenters. The molecule has 0 saturated carbocycles. The first-order chi connectivity index (χ1) is 35.7. The average molecular weight is 1030 g/mol. The second-order valence-corrected chi connectivity index (χ2v) is 20.7. The van der Waals surface area contributed by atoms with Gasteiger partial charge in [0.05, 0.1) is 32.0 Å². The van der Waals surface area contributed by atoms with Crippen LogP contribution >= 0.6 is 0 Å². The number of aliphatic hydroxyl groups is 5. The first-order valence-electron chi connectivity index (χ1n) is 30.1. The predicted molar refractivity (Wildman–Crippen MR) is 301 cm³/mol. The molecular formula is C62H111NO10. The van der Waals surface area contributed by atoms with Crippen LogP contribution in [0.5, 0.6) is 0 Å². The highest BCUT2D eigenvalue weighted by molar-refractivity contribution is 5.76. The van der Waals surface area contributed by atoms with Gasteiger partial charge in [0.1, 0.15) is 24.4 Å². The van der Waals surface area contributed by atoms with E-state index in [9.17, 15) is 35.1 Å². The van der Waals surface area contributed by atoms with E-state index in [1.165, 1.54) is 154 Å². The molecule has 7 unspecified atom stereocenters. The number of nitrogens with one attached hydrogen (secondary N) is 1. The normalized spacial score (nSPS) is 19.4. The van der Waals surface area contributed by atoms with Crippen LogP contribution in [0.1, 0.15) is 258 Å². The van der Waals surface area contributed by atoms with E-state index in [0.29, 0.717) is 19.4 Å². The minimum Gasteiger partial charge on any atom is -0.465 e. The maximum absolute atomic E-state index is 13.0. The van der Waals surface area contributed by atoms with E-state index >= 15 is 0 Å². The molecular weight excluding hydrogens is 919 g/mol. The third-order valence-electron chi connectivity index (χ3n) is 13.8. The number of hydrogen-bond donors (Lipinski definition) is 6. The van der Waals surface area contributed by atoms with Crippen molar-refractivity contribution in [2.45, 2.75) is 301 Å². The van der Waals surface area contributed by atoms with Gasteiger partial charge >= 0.3 is 5.97 Å². The molecule has 11 heteroatoms. The lowest BCUT2D eigenvalue weighted by molar-refractivity contribution is -0.302. The van der Waals surface area contributed by atoms with E-state index in [2.05, 4.69) is 67.8 Å². The van der Waals surface area contributed by atoms with E-state index in [-0.39, 0.29) is 18.5 Å². The summed E-state index contributed by atoms with van der Waals surface area (Å²) in [5.41, 5.74) is 0. The van der Waals surface area contributed by atoms with Crippen molar-refractivity contribution in [1.82, 2.24) is 5.32 Å². The van der Waals surface area contributed by atoms with Crippen LogP contribution in [-0.2, 0) is 23.8 Å². The Morgan fingerprint density at radius 1 is 0.507 bits per heavy atom. The van der Waals surface area contributed by atoms with Crippen LogP contribution in [-0.4, -0.2) is 100 Å². The van der Waals surface area contributed by atoms with Gasteiger partial charge in [0.25, 0.3) is 0 Å². The first-order valence-corrected chi connectivity index (χ1v) is 30.1. The Kier molecular flexibility index (Phi) is 48.2. The maximum atomic E-state index is 13.0. The number of hydrogen-bond acceptors (Lipinski definition) is 10. The number of amides is 1. The van der Waals surface area contributed by atoms with Crippen molar-refractivity contribution in [3.05, 3.63) is 60.8 Å². The molecule has 0 aliphatic carbocycles. The third-order valence-corrected chi connectivity index (χ3v) is 13.8. The standard InChI is InChI=1S/C62H111NO10/c1-3-5-7-9-11-13-15-28-32-36-40-44-48-55(65)54(53-72-62-61(70)60(69)59(68)56(52-64)73-62)63-57(66)49-45-41-37-33-29-26-24-22-20-18-17-19-21-23-25-27-31-35-39-43-47-51-71-58(67)50-46-42-38-34-30-16-14-12-10-8-6-4-2/h12,14,27-28,31-32,39,43-44,48,54-56,59-62,64-65,68-70H,3-11,13,15-26,29-30,33-38,40-42,45-47,49-53H2,1-2H3,(H,63,66)/b14-12-,31-27-,32-28+,43-39-,48-44+. The Morgan fingerprint density at radius 2 is 0.932 bits per heavy atom. The minimum atomic E-state index is -1.58. The van der Waals surface area contributed by atoms with Crippen molar-refractivity contribution < 1.29 is 49.3 Å². The van der Waals surface area contributed by atoms with Crippen LogP contribution in [0, 0.1) is 0 Å². The lowest BCUT2D eigenvalue weighted by Crippen LogP contribution is -2.60. The molecule has 424 valence electrons. The highest BCUT2D eigenvalue weighted by atomic mass is 16.7. The average Bonchev–Trinajstić information content (AvgIpc) is 3.39. The molecule has 11 nitrogen and oxygen atoms in total. The fraction of sp³-hybridized carbons (Fsp3) is 0.806. The monoisotopic (exact) mass is 1030 g/mol. The SMILES string of the molecule is CCCCC/C=C\CCCCCCCC(=O)OCC/C=C\C/C=C\CCCCCCCCCCCCCCCCC(=O)NC(COC1OC(CO)C(O)C(O)C1O)C(O)/C=C/CC/C=C/CCCCCCCC. The van der Waals surface area contributed by atoms with Crippen LogP contribution in [0.25, 0.3) is 0 Å². The molecule has 0 aromatic rings. The summed E-state index contributed by atoms with van der Waals surface area (Å²) in [6.45, 7) is 4.17. The molecule has 1 aliphatic rings. The Morgan fingerprint density at radius 3 is 1.47 bits per heavy atom. The number of rotatable bonds is 51. The van der Waals surface area contributed by atoms with Gasteiger partial charge in [0.2, 0.25) is 5.91 Å². The summed E-state index contributed by atoms with van der Waals surface area (Å²) in [5, 5.41) is 54.3. The van der Waals surface area contributed by atoms with Gasteiger partial charge in [0, 0.05) is 12.8 Å². The third kappa shape index (κ3) is 41.2. The van der Waals surface area contributed by atoms with Crippen LogP contribution in [0.2, 0.25) is 0 Å². The van der Waals surface area contributed by atoms with Crippen molar-refractivity contribution in [1.29, 1.82) is 0 Å². The summed E-state index contributed by atoms with van der Waals surface area (Å²) in [6, 6.07) is -0.832. The van der Waals surface area contributed by atoms with Crippen molar-refractivity contribution >= 4 is 11.9 Å². The van der Waals surface area contributed by atoms with Crippen molar-refractivity contribution in [3.8, 4) is 0 Å². The number of carbonyl (C=O) groups excluding carboxylic acids is 2. The Balaban J connectivity index is 2.09. The molecule has 0 radical (unpaired) electrons. The molecule has 1 heterocycles. The van der Waals surface area contributed by atoms with Gasteiger partial charge in [-0.05, 0) is 89.9 Å². The highest BCUT2D eigenvalue weighted by Gasteiger charge is 2.44. The van der Waals surface area contributed by atoms with Crippen molar-refractivity contribution in [3.63, 3.8) is 0 Å². The van der Waals surface area contributed by atoms with Crippen molar-refractivity contribution in [2.24, 2.45) is 0 Å². The fourth-order valence-corrected chi connectivity index (χ4v) is 9.05. The summed E-state index contributed by atoms with van der Waals surface area (Å²) < 4.78 is 16.6.